The number of nitrogens with zero attached hydrogens (tertiary/aromatic N) is 2. The van der Waals surface area contributed by atoms with Gasteiger partial charge in [0.25, 0.3) is 5.91 Å². The van der Waals surface area contributed by atoms with Gasteiger partial charge in [0, 0.05) is 17.1 Å². The van der Waals surface area contributed by atoms with Crippen molar-refractivity contribution in [3.63, 3.8) is 0 Å². The first-order valence-corrected chi connectivity index (χ1v) is 9.10. The van der Waals surface area contributed by atoms with Gasteiger partial charge in [-0.1, -0.05) is 19.1 Å². The highest BCUT2D eigenvalue weighted by atomic mass is 32.1. The summed E-state index contributed by atoms with van der Waals surface area (Å²) >= 11 is 1.02. The molecule has 1 amide bonds. The second-order valence-electron chi connectivity index (χ2n) is 5.57. The number of amides is 1. The predicted molar refractivity (Wildman–Crippen MR) is 102 cm³/mol. The number of carbonyl (C=O) groups is 1. The van der Waals surface area contributed by atoms with Crippen LogP contribution in [0.2, 0.25) is 0 Å². The first-order valence-electron chi connectivity index (χ1n) is 8.33. The Morgan fingerprint density at radius 3 is 2.78 bits per heavy atom. The highest BCUT2D eigenvalue weighted by Crippen LogP contribution is 2.32. The molecule has 0 bridgehead atoms. The van der Waals surface area contributed by atoms with Crippen LogP contribution in [-0.2, 0) is 0 Å². The quantitative estimate of drug-likeness (QED) is 0.651. The van der Waals surface area contributed by atoms with E-state index in [4.69, 9.17) is 9.47 Å². The number of halogens is 1. The molecule has 1 aromatic heterocycles. The Hall–Kier alpha value is -3.00. The van der Waals surface area contributed by atoms with Crippen LogP contribution in [0.5, 0.6) is 11.5 Å². The van der Waals surface area contributed by atoms with E-state index in [-0.39, 0.29) is 10.7 Å². The van der Waals surface area contributed by atoms with Gasteiger partial charge in [0.2, 0.25) is 5.13 Å². The smallest absolute Gasteiger partial charge is 0.260 e. The summed E-state index contributed by atoms with van der Waals surface area (Å²) < 4.78 is 28.9. The fourth-order valence-electron chi connectivity index (χ4n) is 2.34. The maximum atomic E-state index is 13.7. The van der Waals surface area contributed by atoms with Crippen molar-refractivity contribution in [1.82, 2.24) is 9.36 Å². The van der Waals surface area contributed by atoms with Crippen LogP contribution < -0.4 is 14.8 Å². The minimum atomic E-state index is -0.591. The zero-order valence-corrected chi connectivity index (χ0v) is 15.7. The number of ether oxygens (including phenoxy) is 2. The minimum Gasteiger partial charge on any atom is -0.493 e. The molecule has 0 unspecified atom stereocenters. The van der Waals surface area contributed by atoms with E-state index < -0.39 is 11.7 Å². The molecule has 2 aromatic carbocycles. The summed E-state index contributed by atoms with van der Waals surface area (Å²) in [5, 5.41) is 2.85. The molecule has 0 atom stereocenters. The van der Waals surface area contributed by atoms with Gasteiger partial charge in [0.15, 0.2) is 17.3 Å². The average molecular weight is 387 g/mol. The van der Waals surface area contributed by atoms with E-state index in [1.165, 1.54) is 18.2 Å². The lowest BCUT2D eigenvalue weighted by Crippen LogP contribution is -2.13. The van der Waals surface area contributed by atoms with Crippen molar-refractivity contribution in [2.24, 2.45) is 0 Å². The van der Waals surface area contributed by atoms with Gasteiger partial charge in [-0.15, -0.1) is 0 Å². The van der Waals surface area contributed by atoms with E-state index in [0.717, 1.165) is 23.5 Å². The molecule has 8 heteroatoms. The summed E-state index contributed by atoms with van der Waals surface area (Å²) in [5.74, 6) is 0.493. The number of aromatic nitrogens is 2. The summed E-state index contributed by atoms with van der Waals surface area (Å²) in [6, 6.07) is 11.1. The number of methoxy groups -OCH3 is 1. The molecule has 0 radical (unpaired) electrons. The van der Waals surface area contributed by atoms with Gasteiger partial charge in [0.05, 0.1) is 19.3 Å². The van der Waals surface area contributed by atoms with Crippen molar-refractivity contribution in [1.29, 1.82) is 0 Å². The zero-order chi connectivity index (χ0) is 19.2. The number of hydrogen-bond donors (Lipinski definition) is 1. The van der Waals surface area contributed by atoms with Crippen LogP contribution in [0.25, 0.3) is 11.4 Å². The van der Waals surface area contributed by atoms with Crippen molar-refractivity contribution in [3.05, 3.63) is 53.8 Å². The topological polar surface area (TPSA) is 73.3 Å². The third-order valence-electron chi connectivity index (χ3n) is 3.65. The number of benzene rings is 2. The van der Waals surface area contributed by atoms with Gasteiger partial charge in [-0.25, -0.2) is 4.39 Å². The third kappa shape index (κ3) is 4.40. The summed E-state index contributed by atoms with van der Waals surface area (Å²) in [6.45, 7) is 2.62. The van der Waals surface area contributed by atoms with Gasteiger partial charge >= 0.3 is 0 Å². The lowest BCUT2D eigenvalue weighted by molar-refractivity contribution is 0.102. The molecule has 27 heavy (non-hydrogen) atoms. The molecule has 0 aliphatic heterocycles. The van der Waals surface area contributed by atoms with Crippen molar-refractivity contribution in [2.45, 2.75) is 13.3 Å². The first kappa shape index (κ1) is 18.8. The Kier molecular flexibility index (Phi) is 5.97. The molecule has 0 aliphatic rings. The lowest BCUT2D eigenvalue weighted by Gasteiger charge is -2.10. The van der Waals surface area contributed by atoms with Gasteiger partial charge in [-0.05, 0) is 36.8 Å². The molecule has 3 aromatic rings. The van der Waals surface area contributed by atoms with Gasteiger partial charge in [0.1, 0.15) is 5.82 Å². The van der Waals surface area contributed by atoms with Crippen LogP contribution in [0.3, 0.4) is 0 Å². The van der Waals surface area contributed by atoms with E-state index in [1.54, 1.807) is 25.3 Å². The highest BCUT2D eigenvalue weighted by Gasteiger charge is 2.15. The first-order chi connectivity index (χ1) is 13.1. The molecule has 0 spiro atoms. The molecular formula is C19H18FN3O3S. The maximum Gasteiger partial charge on any atom is 0.260 e. The van der Waals surface area contributed by atoms with E-state index in [1.807, 2.05) is 13.0 Å². The zero-order valence-electron chi connectivity index (χ0n) is 14.9. The second-order valence-corrected chi connectivity index (χ2v) is 6.32. The summed E-state index contributed by atoms with van der Waals surface area (Å²) in [4.78, 5) is 16.5. The number of carbonyl (C=O) groups excluding carboxylic acids is 1. The van der Waals surface area contributed by atoms with Crippen LogP contribution in [0.1, 0.15) is 23.7 Å². The Bertz CT molecular complexity index is 945. The number of rotatable bonds is 7. The molecule has 0 aliphatic carbocycles. The maximum absolute atomic E-state index is 13.7. The second kappa shape index (κ2) is 8.59. The van der Waals surface area contributed by atoms with E-state index >= 15 is 0 Å². The largest absolute Gasteiger partial charge is 0.493 e. The fraction of sp³-hybridized carbons (Fsp3) is 0.211. The molecule has 3 rings (SSSR count). The third-order valence-corrected chi connectivity index (χ3v) is 4.28. The Balaban J connectivity index is 1.77. The van der Waals surface area contributed by atoms with Gasteiger partial charge in [-0.2, -0.15) is 9.36 Å². The van der Waals surface area contributed by atoms with Crippen molar-refractivity contribution < 1.29 is 18.7 Å². The lowest BCUT2D eigenvalue weighted by atomic mass is 10.2. The molecule has 140 valence electrons. The van der Waals surface area contributed by atoms with Crippen LogP contribution in [-0.4, -0.2) is 29.0 Å². The monoisotopic (exact) mass is 387 g/mol. The highest BCUT2D eigenvalue weighted by molar-refractivity contribution is 7.10. The average Bonchev–Trinajstić information content (AvgIpc) is 3.15. The van der Waals surface area contributed by atoms with Crippen LogP contribution in [0, 0.1) is 5.82 Å². The van der Waals surface area contributed by atoms with Crippen LogP contribution >= 0.6 is 11.5 Å². The van der Waals surface area contributed by atoms with Crippen molar-refractivity contribution >= 4 is 22.6 Å². The standard InChI is InChI=1S/C19H18FN3O3S/c1-3-10-26-15-9-8-12(11-16(15)25-2)17-21-19(27-23-17)22-18(24)13-6-4-5-7-14(13)20/h4-9,11H,3,10H2,1-2H3,(H,21,22,23,24). The summed E-state index contributed by atoms with van der Waals surface area (Å²) in [7, 11) is 1.56. The minimum absolute atomic E-state index is 0.0478. The number of nitrogens with one attached hydrogen (secondary N) is 1. The molecule has 0 fully saturated rings. The SMILES string of the molecule is CCCOc1ccc(-c2nsc(NC(=O)c3ccccc3F)n2)cc1OC. The molecule has 1 heterocycles. The van der Waals surface area contributed by atoms with E-state index in [0.29, 0.717) is 23.9 Å². The van der Waals surface area contributed by atoms with Gasteiger partial charge < -0.3 is 9.47 Å². The van der Waals surface area contributed by atoms with Crippen LogP contribution in [0.4, 0.5) is 9.52 Å². The normalized spacial score (nSPS) is 10.5. The summed E-state index contributed by atoms with van der Waals surface area (Å²) in [5.41, 5.74) is 0.673. The number of hydrogen-bond acceptors (Lipinski definition) is 6. The van der Waals surface area contributed by atoms with Gasteiger partial charge in [-0.3, -0.25) is 10.1 Å². The molecule has 0 saturated heterocycles. The Morgan fingerprint density at radius 2 is 2.04 bits per heavy atom. The Labute approximate surface area is 160 Å². The number of anilines is 1. The molecule has 1 N–H and O–H groups in total. The van der Waals surface area contributed by atoms with E-state index in [2.05, 4.69) is 14.7 Å². The molecule has 0 saturated carbocycles. The van der Waals surface area contributed by atoms with Crippen molar-refractivity contribution in [3.8, 4) is 22.9 Å². The van der Waals surface area contributed by atoms with Crippen molar-refractivity contribution in [2.75, 3.05) is 19.0 Å². The molecule has 6 nitrogen and oxygen atoms in total. The summed E-state index contributed by atoms with van der Waals surface area (Å²) in [6.07, 6.45) is 0.892. The molecular weight excluding hydrogens is 369 g/mol. The van der Waals surface area contributed by atoms with Crippen LogP contribution in [0.15, 0.2) is 42.5 Å². The predicted octanol–water partition coefficient (Wildman–Crippen LogP) is 4.39. The fourth-order valence-corrected chi connectivity index (χ4v) is 2.92. The Morgan fingerprint density at radius 1 is 1.22 bits per heavy atom. The van der Waals surface area contributed by atoms with E-state index in [9.17, 15) is 9.18 Å².